The Labute approximate surface area is 117 Å². The number of hydrogen-bond acceptors (Lipinski definition) is 5. The van der Waals surface area contributed by atoms with Crippen molar-refractivity contribution in [3.8, 4) is 0 Å². The van der Waals surface area contributed by atoms with Crippen LogP contribution in [-0.4, -0.2) is 28.8 Å². The number of aromatic amines is 3. The molecule has 0 spiro atoms. The van der Waals surface area contributed by atoms with Gasteiger partial charge in [-0.15, -0.1) is 0 Å². The molecule has 108 valence electrons. The lowest BCUT2D eigenvalue weighted by Gasteiger charge is -2.08. The van der Waals surface area contributed by atoms with Gasteiger partial charge in [0, 0.05) is 6.20 Å². The van der Waals surface area contributed by atoms with Crippen molar-refractivity contribution in [2.24, 2.45) is 0 Å². The van der Waals surface area contributed by atoms with Gasteiger partial charge >= 0.3 is 0 Å². The van der Waals surface area contributed by atoms with Gasteiger partial charge in [-0.2, -0.15) is 5.10 Å². The SMILES string of the molecule is O=c1[nH][nH]c(=O)c2c(NS(=O)(=O)c3cn[nH]c3)cccc12. The van der Waals surface area contributed by atoms with Crippen LogP contribution in [-0.2, 0) is 10.0 Å². The molecular weight excluding hydrogens is 298 g/mol. The highest BCUT2D eigenvalue weighted by atomic mass is 32.2. The number of fused-ring (bicyclic) bond motifs is 1. The van der Waals surface area contributed by atoms with E-state index in [0.717, 1.165) is 6.20 Å². The smallest absolute Gasteiger partial charge is 0.272 e. The Morgan fingerprint density at radius 3 is 2.57 bits per heavy atom. The molecule has 0 amide bonds. The Balaban J connectivity index is 2.21. The summed E-state index contributed by atoms with van der Waals surface area (Å²) in [7, 11) is -3.90. The fourth-order valence-corrected chi connectivity index (χ4v) is 2.88. The molecule has 10 heteroatoms. The van der Waals surface area contributed by atoms with Gasteiger partial charge in [0.05, 0.1) is 22.7 Å². The summed E-state index contributed by atoms with van der Waals surface area (Å²) in [6.07, 6.45) is 2.33. The zero-order valence-corrected chi connectivity index (χ0v) is 11.2. The number of hydrogen-bond donors (Lipinski definition) is 4. The molecule has 1 aromatic carbocycles. The van der Waals surface area contributed by atoms with E-state index in [1.54, 1.807) is 0 Å². The Morgan fingerprint density at radius 2 is 1.86 bits per heavy atom. The van der Waals surface area contributed by atoms with Gasteiger partial charge in [0.2, 0.25) is 0 Å². The van der Waals surface area contributed by atoms with E-state index in [-0.39, 0.29) is 21.4 Å². The summed E-state index contributed by atoms with van der Waals surface area (Å²) in [6, 6.07) is 4.30. The number of sulfonamides is 1. The van der Waals surface area contributed by atoms with E-state index in [2.05, 4.69) is 25.1 Å². The molecule has 0 bridgehead atoms. The topological polar surface area (TPSA) is 141 Å². The van der Waals surface area contributed by atoms with Gasteiger partial charge in [0.15, 0.2) is 0 Å². The van der Waals surface area contributed by atoms with Crippen LogP contribution in [0.15, 0.2) is 45.1 Å². The van der Waals surface area contributed by atoms with E-state index in [9.17, 15) is 18.0 Å². The van der Waals surface area contributed by atoms with E-state index >= 15 is 0 Å². The molecule has 0 aliphatic heterocycles. The van der Waals surface area contributed by atoms with Crippen molar-refractivity contribution >= 4 is 26.5 Å². The van der Waals surface area contributed by atoms with Gasteiger partial charge in [-0.25, -0.2) is 8.42 Å². The number of anilines is 1. The average molecular weight is 307 g/mol. The molecule has 2 heterocycles. The lowest BCUT2D eigenvalue weighted by Crippen LogP contribution is -2.21. The van der Waals surface area contributed by atoms with E-state index in [4.69, 9.17) is 0 Å². The minimum atomic E-state index is -3.90. The average Bonchev–Trinajstić information content (AvgIpc) is 2.98. The minimum Gasteiger partial charge on any atom is -0.284 e. The summed E-state index contributed by atoms with van der Waals surface area (Å²) in [4.78, 5) is 23.4. The highest BCUT2D eigenvalue weighted by Gasteiger charge is 2.18. The van der Waals surface area contributed by atoms with Crippen molar-refractivity contribution in [2.45, 2.75) is 4.90 Å². The third kappa shape index (κ3) is 2.21. The van der Waals surface area contributed by atoms with Crippen molar-refractivity contribution in [1.29, 1.82) is 0 Å². The third-order valence-electron chi connectivity index (χ3n) is 2.85. The van der Waals surface area contributed by atoms with Gasteiger partial charge < -0.3 is 0 Å². The van der Waals surface area contributed by atoms with Gasteiger partial charge in [-0.05, 0) is 12.1 Å². The standard InChI is InChI=1S/C11H9N5O4S/c17-10-7-2-1-3-8(9(7)11(18)15-14-10)16-21(19,20)6-4-12-13-5-6/h1-5,16H,(H,12,13)(H,14,17)(H,15,18). The first-order valence-electron chi connectivity index (χ1n) is 5.74. The van der Waals surface area contributed by atoms with E-state index in [0.29, 0.717) is 0 Å². The highest BCUT2D eigenvalue weighted by molar-refractivity contribution is 7.92. The van der Waals surface area contributed by atoms with Crippen LogP contribution in [0.1, 0.15) is 0 Å². The van der Waals surface area contributed by atoms with Gasteiger partial charge in [0.25, 0.3) is 21.1 Å². The summed E-state index contributed by atoms with van der Waals surface area (Å²) in [6.45, 7) is 0. The first kappa shape index (κ1) is 13.1. The molecule has 2 aromatic heterocycles. The number of nitrogens with zero attached hydrogens (tertiary/aromatic N) is 1. The normalized spacial score (nSPS) is 11.6. The molecule has 4 N–H and O–H groups in total. The quantitative estimate of drug-likeness (QED) is 0.527. The maximum Gasteiger partial charge on any atom is 0.272 e. The Morgan fingerprint density at radius 1 is 1.10 bits per heavy atom. The molecule has 0 saturated carbocycles. The van der Waals surface area contributed by atoms with Crippen LogP contribution in [0.4, 0.5) is 5.69 Å². The summed E-state index contributed by atoms with van der Waals surface area (Å²) >= 11 is 0. The molecule has 0 radical (unpaired) electrons. The molecule has 3 rings (SSSR count). The zero-order chi connectivity index (χ0) is 15.0. The first-order chi connectivity index (χ1) is 9.99. The fraction of sp³-hybridized carbons (Fsp3) is 0. The fourth-order valence-electron chi connectivity index (χ4n) is 1.90. The van der Waals surface area contributed by atoms with Crippen LogP contribution in [0, 0.1) is 0 Å². The molecule has 0 saturated heterocycles. The third-order valence-corrected chi connectivity index (χ3v) is 4.19. The van der Waals surface area contributed by atoms with Crippen molar-refractivity contribution in [1.82, 2.24) is 20.4 Å². The van der Waals surface area contributed by atoms with Crippen molar-refractivity contribution in [3.63, 3.8) is 0 Å². The maximum absolute atomic E-state index is 12.1. The number of rotatable bonds is 3. The molecule has 0 aliphatic carbocycles. The predicted molar refractivity (Wildman–Crippen MR) is 74.6 cm³/mol. The number of H-pyrrole nitrogens is 3. The van der Waals surface area contributed by atoms with Gasteiger partial charge in [-0.1, -0.05) is 6.07 Å². The second kappa shape index (κ2) is 4.59. The summed E-state index contributed by atoms with van der Waals surface area (Å²) in [5, 5.41) is 10.3. The minimum absolute atomic E-state index is 0.0149. The lowest BCUT2D eigenvalue weighted by molar-refractivity contribution is 0.601. The van der Waals surface area contributed by atoms with Gasteiger partial charge in [0.1, 0.15) is 4.90 Å². The van der Waals surface area contributed by atoms with Crippen LogP contribution in [0.3, 0.4) is 0 Å². The summed E-state index contributed by atoms with van der Waals surface area (Å²) < 4.78 is 26.5. The Kier molecular flexibility index (Phi) is 2.87. The van der Waals surface area contributed by atoms with Crippen LogP contribution >= 0.6 is 0 Å². The second-order valence-corrected chi connectivity index (χ2v) is 5.86. The molecule has 3 aromatic rings. The van der Waals surface area contributed by atoms with Crippen LogP contribution < -0.4 is 15.8 Å². The van der Waals surface area contributed by atoms with Crippen molar-refractivity contribution in [3.05, 3.63) is 51.3 Å². The van der Waals surface area contributed by atoms with E-state index in [1.807, 2.05) is 0 Å². The van der Waals surface area contributed by atoms with E-state index < -0.39 is 21.1 Å². The molecule has 0 atom stereocenters. The van der Waals surface area contributed by atoms with E-state index in [1.165, 1.54) is 24.4 Å². The monoisotopic (exact) mass is 307 g/mol. The molecule has 9 nitrogen and oxygen atoms in total. The lowest BCUT2D eigenvalue weighted by atomic mass is 10.2. The maximum atomic E-state index is 12.1. The summed E-state index contributed by atoms with van der Waals surface area (Å²) in [5.74, 6) is 0. The van der Waals surface area contributed by atoms with Crippen LogP contribution in [0.25, 0.3) is 10.8 Å². The zero-order valence-electron chi connectivity index (χ0n) is 10.4. The molecule has 0 fully saturated rings. The summed E-state index contributed by atoms with van der Waals surface area (Å²) in [5.41, 5.74) is -1.11. The largest absolute Gasteiger partial charge is 0.284 e. The van der Waals surface area contributed by atoms with Crippen molar-refractivity contribution in [2.75, 3.05) is 4.72 Å². The number of nitrogens with one attached hydrogen (secondary N) is 4. The molecule has 0 aliphatic rings. The van der Waals surface area contributed by atoms with Crippen LogP contribution in [0.2, 0.25) is 0 Å². The van der Waals surface area contributed by atoms with Gasteiger partial charge in [-0.3, -0.25) is 29.6 Å². The van der Waals surface area contributed by atoms with Crippen molar-refractivity contribution < 1.29 is 8.42 Å². The van der Waals surface area contributed by atoms with Crippen LogP contribution in [0.5, 0.6) is 0 Å². The number of aromatic nitrogens is 4. The Hall–Kier alpha value is -2.88. The highest BCUT2D eigenvalue weighted by Crippen LogP contribution is 2.20. The molecule has 0 unspecified atom stereocenters. The Bertz CT molecular complexity index is 1020. The second-order valence-electron chi connectivity index (χ2n) is 4.18. The predicted octanol–water partition coefficient (Wildman–Crippen LogP) is -0.260. The first-order valence-corrected chi connectivity index (χ1v) is 7.22. The molecular formula is C11H9N5O4S. The molecule has 21 heavy (non-hydrogen) atoms. The number of benzene rings is 1.